The minimum atomic E-state index is -1.39. The minimum Gasteiger partial charge on any atom is -0.493 e. The number of nitrogens with zero attached hydrogens (tertiary/aromatic N) is 1. The van der Waals surface area contributed by atoms with Crippen molar-refractivity contribution in [3.63, 3.8) is 0 Å². The molecule has 0 saturated carbocycles. The van der Waals surface area contributed by atoms with Crippen LogP contribution in [0.3, 0.4) is 0 Å². The van der Waals surface area contributed by atoms with E-state index in [0.29, 0.717) is 29.9 Å². The number of piperidine rings is 1. The number of ether oxygens (including phenoxy) is 5. The van der Waals surface area contributed by atoms with E-state index in [1.807, 2.05) is 27.7 Å². The van der Waals surface area contributed by atoms with E-state index >= 15 is 8.78 Å². The highest BCUT2D eigenvalue weighted by Crippen LogP contribution is 2.35. The van der Waals surface area contributed by atoms with E-state index in [1.165, 1.54) is 34.1 Å². The van der Waals surface area contributed by atoms with Crippen LogP contribution in [0.15, 0.2) is 54.6 Å². The number of carbonyl (C=O) groups is 4. The Kier molecular flexibility index (Phi) is 15.6. The zero-order valence-electron chi connectivity index (χ0n) is 32.1. The highest BCUT2D eigenvalue weighted by atomic mass is 19.1. The zero-order valence-corrected chi connectivity index (χ0v) is 32.1. The van der Waals surface area contributed by atoms with Crippen LogP contribution in [0.5, 0.6) is 17.2 Å². The fraction of sp³-hybridized carbons (Fsp3) is 0.512. The fourth-order valence-electron chi connectivity index (χ4n) is 5.57. The van der Waals surface area contributed by atoms with E-state index in [0.717, 1.165) is 22.6 Å². The number of esters is 2. The monoisotopic (exact) mass is 741 g/mol. The molecule has 1 amide bonds. The predicted octanol–water partition coefficient (Wildman–Crippen LogP) is 7.52. The van der Waals surface area contributed by atoms with Crippen LogP contribution in [0.4, 0.5) is 8.78 Å². The van der Waals surface area contributed by atoms with Gasteiger partial charge in [0.15, 0.2) is 23.1 Å². The Labute approximate surface area is 311 Å². The maximum Gasteiger partial charge on any atom is 0.330 e. The Balaban J connectivity index is 1.91. The molecule has 0 bridgehead atoms. The van der Waals surface area contributed by atoms with E-state index in [4.69, 9.17) is 23.7 Å². The summed E-state index contributed by atoms with van der Waals surface area (Å²) in [7, 11) is 3.00. The molecule has 2 aromatic carbocycles. The molecule has 1 aliphatic heterocycles. The molecular formula is C41H53F2NO9. The predicted molar refractivity (Wildman–Crippen MR) is 196 cm³/mol. The molecule has 3 rings (SSSR count). The van der Waals surface area contributed by atoms with Crippen LogP contribution in [0.2, 0.25) is 0 Å². The van der Waals surface area contributed by atoms with Gasteiger partial charge in [0.05, 0.1) is 19.6 Å². The molecule has 0 unspecified atom stereocenters. The van der Waals surface area contributed by atoms with Crippen LogP contribution >= 0.6 is 0 Å². The molecule has 290 valence electrons. The van der Waals surface area contributed by atoms with Crippen LogP contribution in [0, 0.1) is 28.9 Å². The Bertz CT molecular complexity index is 1670. The summed E-state index contributed by atoms with van der Waals surface area (Å²) in [5, 5.41) is 0. The molecule has 1 fully saturated rings. The molecule has 1 saturated heterocycles. The van der Waals surface area contributed by atoms with Gasteiger partial charge in [-0.05, 0) is 87.1 Å². The summed E-state index contributed by atoms with van der Waals surface area (Å²) >= 11 is 0. The number of carbonyl (C=O) groups excluding carboxylic acids is 4. The lowest BCUT2D eigenvalue weighted by Crippen LogP contribution is -2.53. The number of ketones is 1. The third-order valence-electron chi connectivity index (χ3n) is 9.05. The molecule has 0 spiro atoms. The average molecular weight is 742 g/mol. The lowest BCUT2D eigenvalue weighted by molar-refractivity contribution is -0.165. The minimum absolute atomic E-state index is 0.0169. The van der Waals surface area contributed by atoms with Crippen molar-refractivity contribution in [2.45, 2.75) is 85.8 Å². The average Bonchev–Trinajstić information content (AvgIpc) is 3.13. The van der Waals surface area contributed by atoms with E-state index < -0.39 is 52.8 Å². The van der Waals surface area contributed by atoms with Crippen molar-refractivity contribution in [3.8, 4) is 17.2 Å². The van der Waals surface area contributed by atoms with E-state index in [1.54, 1.807) is 24.3 Å². The number of hydrogen-bond acceptors (Lipinski definition) is 9. The first-order chi connectivity index (χ1) is 25.0. The first kappa shape index (κ1) is 42.7. The van der Waals surface area contributed by atoms with Gasteiger partial charge in [0, 0.05) is 24.3 Å². The van der Waals surface area contributed by atoms with Crippen molar-refractivity contribution in [1.82, 2.24) is 4.90 Å². The van der Waals surface area contributed by atoms with Crippen molar-refractivity contribution < 1.29 is 51.6 Å². The number of rotatable bonds is 18. The first-order valence-corrected chi connectivity index (χ1v) is 17.9. The third-order valence-corrected chi connectivity index (χ3v) is 9.05. The van der Waals surface area contributed by atoms with Gasteiger partial charge in [-0.3, -0.25) is 9.59 Å². The Hall–Kier alpha value is -4.74. The van der Waals surface area contributed by atoms with Crippen molar-refractivity contribution in [3.05, 3.63) is 77.4 Å². The summed E-state index contributed by atoms with van der Waals surface area (Å²) in [6, 6.07) is 5.93. The van der Waals surface area contributed by atoms with E-state index in [2.05, 4.69) is 6.58 Å². The number of methoxy groups -OCH3 is 2. The summed E-state index contributed by atoms with van der Waals surface area (Å²) in [5.74, 6) is -4.24. The molecule has 53 heavy (non-hydrogen) atoms. The second kappa shape index (κ2) is 19.4. The van der Waals surface area contributed by atoms with Crippen LogP contribution in [0.25, 0.3) is 0 Å². The standard InChI is InChI=1S/C41H53F2NO9/c1-25(2)13-18-36(45)52-24-41(6,7)38(46)39(47)44-19-11-10-12-31(44)40(48)53-32(16-14-28-15-17-33(49-8)34(20-28)50-9)30-21-29(42)22-35(37(30)43)51-23-27(5)26(3)4/h13,15,17-18,20-22,25-26,31-32H,5,10-12,14,16,19,23-24H2,1-4,6-9H3/b18-13-/t31-,32+/m0/s1. The molecular weight excluding hydrogens is 688 g/mol. The van der Waals surface area contributed by atoms with Gasteiger partial charge in [0.2, 0.25) is 5.78 Å². The molecule has 2 aromatic rings. The molecule has 0 aliphatic carbocycles. The number of aryl methyl sites for hydroxylation is 1. The fourth-order valence-corrected chi connectivity index (χ4v) is 5.57. The summed E-state index contributed by atoms with van der Waals surface area (Å²) in [4.78, 5) is 54.5. The molecule has 0 aromatic heterocycles. The second-order valence-electron chi connectivity index (χ2n) is 14.5. The summed E-state index contributed by atoms with van der Waals surface area (Å²) in [6.45, 7) is 14.2. The highest BCUT2D eigenvalue weighted by Gasteiger charge is 2.42. The van der Waals surface area contributed by atoms with Gasteiger partial charge < -0.3 is 28.6 Å². The molecule has 1 heterocycles. The maximum atomic E-state index is 16.2. The quantitative estimate of drug-likeness (QED) is 0.0662. The number of benzene rings is 2. The molecule has 10 nitrogen and oxygen atoms in total. The lowest BCUT2D eigenvalue weighted by Gasteiger charge is -2.36. The normalized spacial score (nSPS) is 15.3. The first-order valence-electron chi connectivity index (χ1n) is 17.9. The Morgan fingerprint density at radius 3 is 2.32 bits per heavy atom. The number of Topliss-reactive ketones (excluding diaryl/α,β-unsaturated/α-hetero) is 1. The van der Waals surface area contributed by atoms with Gasteiger partial charge in [-0.1, -0.05) is 46.4 Å². The number of likely N-dealkylation sites (tertiary alicyclic amines) is 1. The molecule has 2 atom stereocenters. The summed E-state index contributed by atoms with van der Waals surface area (Å²) in [6.07, 6.45) is 3.15. The third kappa shape index (κ3) is 11.9. The second-order valence-corrected chi connectivity index (χ2v) is 14.5. The number of hydrogen-bond donors (Lipinski definition) is 0. The van der Waals surface area contributed by atoms with Gasteiger partial charge >= 0.3 is 11.9 Å². The zero-order chi connectivity index (χ0) is 39.5. The molecule has 1 aliphatic rings. The van der Waals surface area contributed by atoms with Gasteiger partial charge in [-0.25, -0.2) is 18.4 Å². The molecule has 0 radical (unpaired) electrons. The SMILES string of the molecule is C=C(COc1cc(F)cc([C@@H](CCc2ccc(OC)c(OC)c2)OC(=O)[C@@H]2CCCCN2C(=O)C(=O)C(C)(C)COC(=O)/C=C\C(C)C)c1F)C(C)C. The number of amides is 1. The highest BCUT2D eigenvalue weighted by molar-refractivity contribution is 6.38. The van der Waals surface area contributed by atoms with Crippen LogP contribution in [-0.4, -0.2) is 68.5 Å². The Morgan fingerprint density at radius 2 is 1.68 bits per heavy atom. The van der Waals surface area contributed by atoms with Crippen LogP contribution in [-0.2, 0) is 35.1 Å². The van der Waals surface area contributed by atoms with Gasteiger partial charge in [-0.15, -0.1) is 0 Å². The Morgan fingerprint density at radius 1 is 0.981 bits per heavy atom. The largest absolute Gasteiger partial charge is 0.493 e. The topological polar surface area (TPSA) is 118 Å². The van der Waals surface area contributed by atoms with Crippen molar-refractivity contribution in [2.24, 2.45) is 17.3 Å². The molecule has 0 N–H and O–H groups in total. The van der Waals surface area contributed by atoms with E-state index in [-0.39, 0.29) is 62.2 Å². The summed E-state index contributed by atoms with van der Waals surface area (Å²) < 4.78 is 58.8. The summed E-state index contributed by atoms with van der Waals surface area (Å²) in [5.41, 5.74) is -0.225. The number of halogens is 2. The van der Waals surface area contributed by atoms with Gasteiger partial charge in [-0.2, -0.15) is 0 Å². The van der Waals surface area contributed by atoms with Crippen molar-refractivity contribution >= 4 is 23.6 Å². The maximum absolute atomic E-state index is 16.2. The lowest BCUT2D eigenvalue weighted by atomic mass is 9.87. The van der Waals surface area contributed by atoms with Crippen LogP contribution < -0.4 is 14.2 Å². The molecule has 12 heteroatoms. The van der Waals surface area contributed by atoms with E-state index in [9.17, 15) is 19.2 Å². The van der Waals surface area contributed by atoms with Gasteiger partial charge in [0.1, 0.15) is 31.2 Å². The number of allylic oxidation sites excluding steroid dienone is 1. The van der Waals surface area contributed by atoms with Crippen molar-refractivity contribution in [1.29, 1.82) is 0 Å². The van der Waals surface area contributed by atoms with Gasteiger partial charge in [0.25, 0.3) is 5.91 Å². The van der Waals surface area contributed by atoms with Crippen molar-refractivity contribution in [2.75, 3.05) is 34.0 Å². The smallest absolute Gasteiger partial charge is 0.330 e. The van der Waals surface area contributed by atoms with Crippen LogP contribution in [0.1, 0.15) is 84.5 Å².